The minimum atomic E-state index is -0.335. The lowest BCUT2D eigenvalue weighted by Gasteiger charge is -2.31. The molecule has 0 bridgehead atoms. The maximum atomic E-state index is 12.3. The Labute approximate surface area is 134 Å². The quantitative estimate of drug-likeness (QED) is 0.847. The SMILES string of the molecule is NC(=O)[C@@H]1CCCN(C(=O)CNc2cccc3c2OCCO3)C1. The Morgan fingerprint density at radius 3 is 2.96 bits per heavy atom. The minimum Gasteiger partial charge on any atom is -0.486 e. The van der Waals surface area contributed by atoms with Crippen molar-refractivity contribution in [2.45, 2.75) is 12.8 Å². The van der Waals surface area contributed by atoms with Gasteiger partial charge in [0, 0.05) is 13.1 Å². The molecular formula is C16H21N3O4. The number of nitrogens with one attached hydrogen (secondary N) is 1. The molecule has 0 saturated carbocycles. The first-order valence-electron chi connectivity index (χ1n) is 7.84. The van der Waals surface area contributed by atoms with Crippen molar-refractivity contribution in [1.29, 1.82) is 0 Å². The van der Waals surface area contributed by atoms with Gasteiger partial charge in [-0.1, -0.05) is 6.07 Å². The zero-order valence-corrected chi connectivity index (χ0v) is 12.9. The van der Waals surface area contributed by atoms with Crippen LogP contribution in [0.5, 0.6) is 11.5 Å². The summed E-state index contributed by atoms with van der Waals surface area (Å²) in [7, 11) is 0. The molecule has 1 aromatic rings. The zero-order valence-electron chi connectivity index (χ0n) is 12.9. The molecule has 2 aliphatic heterocycles. The number of carbonyl (C=O) groups excluding carboxylic acids is 2. The molecule has 1 fully saturated rings. The second-order valence-electron chi connectivity index (χ2n) is 5.76. The molecule has 0 spiro atoms. The predicted molar refractivity (Wildman–Crippen MR) is 84.4 cm³/mol. The summed E-state index contributed by atoms with van der Waals surface area (Å²) in [6, 6.07) is 5.54. The van der Waals surface area contributed by atoms with Crippen molar-refractivity contribution in [3.05, 3.63) is 18.2 Å². The number of hydrogen-bond donors (Lipinski definition) is 2. The zero-order chi connectivity index (χ0) is 16.2. The highest BCUT2D eigenvalue weighted by Gasteiger charge is 2.27. The van der Waals surface area contributed by atoms with Gasteiger partial charge < -0.3 is 25.4 Å². The molecule has 23 heavy (non-hydrogen) atoms. The van der Waals surface area contributed by atoms with Gasteiger partial charge in [0.15, 0.2) is 11.5 Å². The highest BCUT2D eigenvalue weighted by Crippen LogP contribution is 2.37. The predicted octanol–water partition coefficient (Wildman–Crippen LogP) is 0.594. The smallest absolute Gasteiger partial charge is 0.241 e. The maximum Gasteiger partial charge on any atom is 0.241 e. The van der Waals surface area contributed by atoms with Gasteiger partial charge >= 0.3 is 0 Å². The number of fused-ring (bicyclic) bond motifs is 1. The summed E-state index contributed by atoms with van der Waals surface area (Å²) in [5.74, 6) is 0.693. The van der Waals surface area contributed by atoms with E-state index in [1.54, 1.807) is 4.90 Å². The molecule has 7 heteroatoms. The Hall–Kier alpha value is -2.44. The number of likely N-dealkylation sites (tertiary alicyclic amines) is 1. The highest BCUT2D eigenvalue weighted by molar-refractivity contribution is 5.83. The van der Waals surface area contributed by atoms with Gasteiger partial charge in [-0.05, 0) is 25.0 Å². The molecule has 0 unspecified atom stereocenters. The largest absolute Gasteiger partial charge is 0.486 e. The molecule has 0 aliphatic carbocycles. The third-order valence-electron chi connectivity index (χ3n) is 4.17. The monoisotopic (exact) mass is 319 g/mol. The van der Waals surface area contributed by atoms with E-state index in [1.807, 2.05) is 18.2 Å². The van der Waals surface area contributed by atoms with Crippen LogP contribution in [0, 0.1) is 5.92 Å². The lowest BCUT2D eigenvalue weighted by molar-refractivity contribution is -0.133. The fraction of sp³-hybridized carbons (Fsp3) is 0.500. The lowest BCUT2D eigenvalue weighted by Crippen LogP contribution is -2.46. The third-order valence-corrected chi connectivity index (χ3v) is 4.17. The molecule has 1 saturated heterocycles. The van der Waals surface area contributed by atoms with Crippen LogP contribution in [0.3, 0.4) is 0 Å². The van der Waals surface area contributed by atoms with Crippen molar-refractivity contribution in [1.82, 2.24) is 4.90 Å². The number of nitrogens with zero attached hydrogens (tertiary/aromatic N) is 1. The van der Waals surface area contributed by atoms with Crippen molar-refractivity contribution < 1.29 is 19.1 Å². The van der Waals surface area contributed by atoms with Crippen LogP contribution in [-0.4, -0.2) is 49.6 Å². The van der Waals surface area contributed by atoms with Gasteiger partial charge in [-0.25, -0.2) is 0 Å². The van der Waals surface area contributed by atoms with E-state index in [2.05, 4.69) is 5.32 Å². The molecule has 124 valence electrons. The van der Waals surface area contributed by atoms with E-state index >= 15 is 0 Å². The number of primary amides is 1. The average molecular weight is 319 g/mol. The molecule has 7 nitrogen and oxygen atoms in total. The summed E-state index contributed by atoms with van der Waals surface area (Å²) < 4.78 is 11.1. The lowest BCUT2D eigenvalue weighted by atomic mass is 9.97. The van der Waals surface area contributed by atoms with Crippen molar-refractivity contribution in [2.75, 3.05) is 38.2 Å². The van der Waals surface area contributed by atoms with Gasteiger partial charge in [0.2, 0.25) is 11.8 Å². The molecular weight excluding hydrogens is 298 g/mol. The van der Waals surface area contributed by atoms with Crippen LogP contribution in [0.1, 0.15) is 12.8 Å². The van der Waals surface area contributed by atoms with Crippen molar-refractivity contribution in [3.8, 4) is 11.5 Å². The number of nitrogens with two attached hydrogens (primary N) is 1. The highest BCUT2D eigenvalue weighted by atomic mass is 16.6. The van der Waals surface area contributed by atoms with Crippen LogP contribution in [0.2, 0.25) is 0 Å². The summed E-state index contributed by atoms with van der Waals surface area (Å²) >= 11 is 0. The number of benzene rings is 1. The molecule has 3 rings (SSSR count). The van der Waals surface area contributed by atoms with Crippen LogP contribution in [0.15, 0.2) is 18.2 Å². The fourth-order valence-corrected chi connectivity index (χ4v) is 2.93. The van der Waals surface area contributed by atoms with Crippen LogP contribution in [0.25, 0.3) is 0 Å². The van der Waals surface area contributed by atoms with Crippen LogP contribution >= 0.6 is 0 Å². The van der Waals surface area contributed by atoms with E-state index < -0.39 is 0 Å². The number of carbonyl (C=O) groups is 2. The Morgan fingerprint density at radius 1 is 1.30 bits per heavy atom. The molecule has 0 aromatic heterocycles. The second kappa shape index (κ2) is 6.76. The molecule has 1 atom stereocenters. The molecule has 2 aliphatic rings. The van der Waals surface area contributed by atoms with Crippen LogP contribution < -0.4 is 20.5 Å². The van der Waals surface area contributed by atoms with E-state index in [4.69, 9.17) is 15.2 Å². The number of para-hydroxylation sites is 1. The number of rotatable bonds is 4. The Bertz CT molecular complexity index is 605. The molecule has 2 amide bonds. The van der Waals surface area contributed by atoms with Gasteiger partial charge in [-0.2, -0.15) is 0 Å². The van der Waals surface area contributed by atoms with Gasteiger partial charge in [-0.15, -0.1) is 0 Å². The van der Waals surface area contributed by atoms with Gasteiger partial charge in [0.05, 0.1) is 18.2 Å². The Morgan fingerprint density at radius 2 is 2.13 bits per heavy atom. The van der Waals surface area contributed by atoms with E-state index in [9.17, 15) is 9.59 Å². The first kappa shape index (κ1) is 15.5. The van der Waals surface area contributed by atoms with Gasteiger partial charge in [0.25, 0.3) is 0 Å². The van der Waals surface area contributed by atoms with Crippen molar-refractivity contribution in [3.63, 3.8) is 0 Å². The van der Waals surface area contributed by atoms with Crippen molar-refractivity contribution >= 4 is 17.5 Å². The fourth-order valence-electron chi connectivity index (χ4n) is 2.93. The first-order valence-corrected chi connectivity index (χ1v) is 7.84. The molecule has 2 heterocycles. The van der Waals surface area contributed by atoms with Crippen molar-refractivity contribution in [2.24, 2.45) is 11.7 Å². The standard InChI is InChI=1S/C16H21N3O4/c17-16(21)11-3-2-6-19(10-11)14(20)9-18-12-4-1-5-13-15(12)23-8-7-22-13/h1,4-5,11,18H,2-3,6-10H2,(H2,17,21)/t11-/m1/s1. The van der Waals surface area contributed by atoms with E-state index in [0.717, 1.165) is 18.5 Å². The normalized spacial score (nSPS) is 20.0. The number of piperidine rings is 1. The summed E-state index contributed by atoms with van der Waals surface area (Å²) in [6.07, 6.45) is 1.56. The number of amides is 2. The number of anilines is 1. The first-order chi connectivity index (χ1) is 11.1. The Balaban J connectivity index is 1.60. The number of ether oxygens (including phenoxy) is 2. The summed E-state index contributed by atoms with van der Waals surface area (Å²) in [5.41, 5.74) is 6.08. The van der Waals surface area contributed by atoms with Crippen LogP contribution in [-0.2, 0) is 9.59 Å². The molecule has 3 N–H and O–H groups in total. The third kappa shape index (κ3) is 3.49. The summed E-state index contributed by atoms with van der Waals surface area (Å²) in [4.78, 5) is 25.3. The number of hydrogen-bond acceptors (Lipinski definition) is 5. The van der Waals surface area contributed by atoms with E-state index in [0.29, 0.717) is 37.8 Å². The van der Waals surface area contributed by atoms with E-state index in [-0.39, 0.29) is 24.3 Å². The summed E-state index contributed by atoms with van der Waals surface area (Å²) in [5, 5.41) is 3.10. The maximum absolute atomic E-state index is 12.3. The van der Waals surface area contributed by atoms with Crippen LogP contribution in [0.4, 0.5) is 5.69 Å². The molecule has 1 aromatic carbocycles. The summed E-state index contributed by atoms with van der Waals surface area (Å²) in [6.45, 7) is 2.23. The van der Waals surface area contributed by atoms with Gasteiger partial charge in [-0.3, -0.25) is 9.59 Å². The van der Waals surface area contributed by atoms with Gasteiger partial charge in [0.1, 0.15) is 13.2 Å². The second-order valence-corrected chi connectivity index (χ2v) is 5.76. The van der Waals surface area contributed by atoms with E-state index in [1.165, 1.54) is 0 Å². The Kier molecular flexibility index (Phi) is 4.55. The molecule has 0 radical (unpaired) electrons. The minimum absolute atomic E-state index is 0.0507. The average Bonchev–Trinajstić information content (AvgIpc) is 2.59. The topological polar surface area (TPSA) is 93.9 Å².